The third-order valence-corrected chi connectivity index (χ3v) is 5.02. The summed E-state index contributed by atoms with van der Waals surface area (Å²) in [5.41, 5.74) is 3.52. The van der Waals surface area contributed by atoms with E-state index in [0.717, 1.165) is 25.1 Å². The lowest BCUT2D eigenvalue weighted by molar-refractivity contribution is 0.0693. The smallest absolute Gasteiger partial charge is 0.534 e. The largest absolute Gasteiger partial charge is 0.547 e. The van der Waals surface area contributed by atoms with E-state index < -0.39 is 19.0 Å². The molecular formula is C19H19BN2O5. The molecule has 27 heavy (non-hydrogen) atoms. The molecular weight excluding hydrogens is 347 g/mol. The molecule has 1 atom stereocenters. The summed E-state index contributed by atoms with van der Waals surface area (Å²) in [6.07, 6.45) is 1.16. The average Bonchev–Trinajstić information content (AvgIpc) is 2.67. The van der Waals surface area contributed by atoms with E-state index in [9.17, 15) is 19.7 Å². The normalized spacial score (nSPS) is 18.1. The molecule has 7 nitrogen and oxygen atoms in total. The van der Waals surface area contributed by atoms with E-state index in [2.05, 4.69) is 10.6 Å². The van der Waals surface area contributed by atoms with E-state index in [1.807, 2.05) is 12.1 Å². The maximum absolute atomic E-state index is 12.6. The molecule has 0 aliphatic carbocycles. The van der Waals surface area contributed by atoms with Crippen molar-refractivity contribution in [2.24, 2.45) is 0 Å². The highest BCUT2D eigenvalue weighted by Crippen LogP contribution is 2.30. The van der Waals surface area contributed by atoms with Crippen molar-refractivity contribution < 1.29 is 24.4 Å². The van der Waals surface area contributed by atoms with Crippen molar-refractivity contribution in [3.05, 3.63) is 64.2 Å². The van der Waals surface area contributed by atoms with E-state index in [1.54, 1.807) is 18.2 Å². The van der Waals surface area contributed by atoms with Crippen LogP contribution in [0.2, 0.25) is 0 Å². The van der Waals surface area contributed by atoms with Crippen molar-refractivity contribution in [2.75, 3.05) is 6.54 Å². The first-order chi connectivity index (χ1) is 13.0. The molecule has 0 saturated heterocycles. The number of fused-ring (bicyclic) bond motifs is 2. The molecule has 2 aliphatic rings. The molecule has 1 unspecified atom stereocenters. The van der Waals surface area contributed by atoms with Gasteiger partial charge in [-0.15, -0.1) is 0 Å². The standard InChI is InChI=1S/C19H19BN2O5/c23-18(13-4-5-14-10-21-7-6-11(14)8-13)22-16-9-12-2-1-3-15(19(24)25)17(12)27-20(16)26/h1-5,8,16,21,26H,6-7,9-10H2,(H,22,23)(H,24,25). The van der Waals surface area contributed by atoms with Gasteiger partial charge in [-0.3, -0.25) is 4.79 Å². The topological polar surface area (TPSA) is 108 Å². The van der Waals surface area contributed by atoms with Crippen molar-refractivity contribution in [3.63, 3.8) is 0 Å². The minimum absolute atomic E-state index is 0.000349. The first-order valence-corrected chi connectivity index (χ1v) is 8.86. The van der Waals surface area contributed by atoms with Gasteiger partial charge >= 0.3 is 13.1 Å². The number of hydrogen-bond acceptors (Lipinski definition) is 5. The second-order valence-corrected chi connectivity index (χ2v) is 6.80. The summed E-state index contributed by atoms with van der Waals surface area (Å²) in [4.78, 5) is 23.9. The van der Waals surface area contributed by atoms with Crippen LogP contribution in [-0.4, -0.2) is 41.6 Å². The van der Waals surface area contributed by atoms with E-state index in [4.69, 9.17) is 4.65 Å². The Bertz CT molecular complexity index is 917. The molecule has 0 radical (unpaired) electrons. The predicted octanol–water partition coefficient (Wildman–Crippen LogP) is 0.784. The number of nitrogens with one attached hydrogen (secondary N) is 2. The summed E-state index contributed by atoms with van der Waals surface area (Å²) < 4.78 is 5.42. The van der Waals surface area contributed by atoms with Crippen molar-refractivity contribution in [3.8, 4) is 5.75 Å². The third kappa shape index (κ3) is 3.41. The van der Waals surface area contributed by atoms with Gasteiger partial charge in [-0.25, -0.2) is 4.79 Å². The van der Waals surface area contributed by atoms with Crippen LogP contribution in [-0.2, 0) is 19.4 Å². The van der Waals surface area contributed by atoms with Gasteiger partial charge in [-0.2, -0.15) is 0 Å². The number of benzene rings is 2. The van der Waals surface area contributed by atoms with E-state index in [1.165, 1.54) is 11.6 Å². The minimum atomic E-state index is -1.32. The van der Waals surface area contributed by atoms with Crippen LogP contribution in [0.1, 0.15) is 37.4 Å². The fourth-order valence-electron chi connectivity index (χ4n) is 3.59. The summed E-state index contributed by atoms with van der Waals surface area (Å²) in [5.74, 6) is -1.91. The van der Waals surface area contributed by atoms with Gasteiger partial charge in [0.15, 0.2) is 0 Å². The second kappa shape index (κ2) is 7.05. The van der Waals surface area contributed by atoms with Crippen LogP contribution in [0.5, 0.6) is 5.75 Å². The zero-order valence-corrected chi connectivity index (χ0v) is 14.6. The fraction of sp³-hybridized carbons (Fsp3) is 0.263. The monoisotopic (exact) mass is 366 g/mol. The Labute approximate surface area is 156 Å². The Balaban J connectivity index is 1.52. The highest BCUT2D eigenvalue weighted by molar-refractivity contribution is 6.47. The van der Waals surface area contributed by atoms with Crippen LogP contribution in [0, 0.1) is 0 Å². The molecule has 138 valence electrons. The molecule has 0 saturated carbocycles. The lowest BCUT2D eigenvalue weighted by Gasteiger charge is -2.29. The molecule has 2 aromatic carbocycles. The number of hydrogen-bond donors (Lipinski definition) is 4. The predicted molar refractivity (Wildman–Crippen MR) is 98.8 cm³/mol. The minimum Gasteiger partial charge on any atom is -0.534 e. The summed E-state index contributed by atoms with van der Waals surface area (Å²) in [7, 11) is -1.32. The Hall–Kier alpha value is -2.84. The quantitative estimate of drug-likeness (QED) is 0.598. The Morgan fingerprint density at radius 3 is 2.85 bits per heavy atom. The summed E-state index contributed by atoms with van der Waals surface area (Å²) >= 11 is 0. The zero-order valence-electron chi connectivity index (χ0n) is 14.6. The molecule has 2 heterocycles. The number of amides is 1. The molecule has 0 spiro atoms. The SMILES string of the molecule is O=C(NC1Cc2cccc(C(=O)O)c2OB1O)c1ccc2c(c1)CCNC2. The molecule has 1 amide bonds. The zero-order chi connectivity index (χ0) is 19.0. The van der Waals surface area contributed by atoms with Gasteiger partial charge in [0, 0.05) is 12.1 Å². The molecule has 4 N–H and O–H groups in total. The van der Waals surface area contributed by atoms with Crippen LogP contribution < -0.4 is 15.3 Å². The Kier molecular flexibility index (Phi) is 4.59. The highest BCUT2D eigenvalue weighted by Gasteiger charge is 2.37. The Morgan fingerprint density at radius 1 is 1.19 bits per heavy atom. The lowest BCUT2D eigenvalue weighted by Crippen LogP contribution is -2.53. The summed E-state index contributed by atoms with van der Waals surface area (Å²) in [5, 5.41) is 25.6. The van der Waals surface area contributed by atoms with E-state index in [-0.39, 0.29) is 23.6 Å². The van der Waals surface area contributed by atoms with Crippen molar-refractivity contribution in [2.45, 2.75) is 25.3 Å². The first kappa shape index (κ1) is 17.6. The molecule has 2 aliphatic heterocycles. The van der Waals surface area contributed by atoms with Gasteiger partial charge in [0.1, 0.15) is 5.75 Å². The van der Waals surface area contributed by atoms with Crippen LogP contribution in [0.4, 0.5) is 0 Å². The lowest BCUT2D eigenvalue weighted by atomic mass is 9.72. The van der Waals surface area contributed by atoms with Gasteiger partial charge < -0.3 is 25.4 Å². The number of para-hydroxylation sites is 1. The fourth-order valence-corrected chi connectivity index (χ4v) is 3.59. The second-order valence-electron chi connectivity index (χ2n) is 6.80. The van der Waals surface area contributed by atoms with Gasteiger partial charge in [-0.1, -0.05) is 18.2 Å². The molecule has 0 fully saturated rings. The van der Waals surface area contributed by atoms with Gasteiger partial charge in [0.05, 0.1) is 11.5 Å². The number of carboxylic acid groups (broad SMARTS) is 1. The first-order valence-electron chi connectivity index (χ1n) is 8.86. The maximum Gasteiger partial charge on any atom is 0.547 e. The third-order valence-electron chi connectivity index (χ3n) is 5.02. The van der Waals surface area contributed by atoms with Crippen molar-refractivity contribution in [1.82, 2.24) is 10.6 Å². The molecule has 2 aromatic rings. The van der Waals surface area contributed by atoms with Gasteiger partial charge in [-0.05, 0) is 54.3 Å². The molecule has 8 heteroatoms. The van der Waals surface area contributed by atoms with Crippen LogP contribution in [0.15, 0.2) is 36.4 Å². The molecule has 0 aromatic heterocycles. The summed E-state index contributed by atoms with van der Waals surface area (Å²) in [6, 6.07) is 10.4. The number of carbonyl (C=O) groups is 2. The van der Waals surface area contributed by atoms with Gasteiger partial charge in [0.2, 0.25) is 0 Å². The van der Waals surface area contributed by atoms with E-state index in [0.29, 0.717) is 11.1 Å². The Morgan fingerprint density at radius 2 is 2.04 bits per heavy atom. The van der Waals surface area contributed by atoms with Crippen molar-refractivity contribution >= 4 is 19.0 Å². The van der Waals surface area contributed by atoms with Crippen LogP contribution in [0.3, 0.4) is 0 Å². The maximum atomic E-state index is 12.6. The van der Waals surface area contributed by atoms with Crippen LogP contribution >= 0.6 is 0 Å². The number of carbonyl (C=O) groups excluding carboxylic acids is 1. The van der Waals surface area contributed by atoms with Crippen molar-refractivity contribution in [1.29, 1.82) is 0 Å². The number of carboxylic acids is 1. The highest BCUT2D eigenvalue weighted by atomic mass is 16.5. The molecule has 4 rings (SSSR count). The molecule has 0 bridgehead atoms. The van der Waals surface area contributed by atoms with E-state index >= 15 is 0 Å². The number of aromatic carboxylic acids is 1. The van der Waals surface area contributed by atoms with Gasteiger partial charge in [0.25, 0.3) is 5.91 Å². The average molecular weight is 366 g/mol. The number of rotatable bonds is 3. The summed E-state index contributed by atoms with van der Waals surface area (Å²) in [6.45, 7) is 1.69. The van der Waals surface area contributed by atoms with Crippen LogP contribution in [0.25, 0.3) is 0 Å².